The number of fused-ring (bicyclic) bond motifs is 3. The Bertz CT molecular complexity index is 1180. The highest BCUT2D eigenvalue weighted by molar-refractivity contribution is 6.77. The average Bonchev–Trinajstić information content (AvgIpc) is 3.38. The third-order valence-corrected chi connectivity index (χ3v) is 14.3. The summed E-state index contributed by atoms with van der Waals surface area (Å²) in [7, 11) is -0.351. The van der Waals surface area contributed by atoms with Gasteiger partial charge in [0.1, 0.15) is 18.1 Å². The molecule has 0 spiro atoms. The highest BCUT2D eigenvalue weighted by Crippen LogP contribution is 2.48. The normalized spacial score (nSPS) is 17.9. The molecule has 2 unspecified atom stereocenters. The first kappa shape index (κ1) is 28.9. The highest BCUT2D eigenvalue weighted by atomic mass is 28.4. The number of ether oxygens (including phenoxy) is 3. The molecule has 1 aliphatic heterocycles. The minimum absolute atomic E-state index is 0.0631. The Kier molecular flexibility index (Phi) is 9.08. The van der Waals surface area contributed by atoms with Crippen LogP contribution in [0, 0.1) is 0 Å². The summed E-state index contributed by atoms with van der Waals surface area (Å²) in [6.07, 6.45) is 0.784. The zero-order valence-electron chi connectivity index (χ0n) is 24.8. The first-order chi connectivity index (χ1) is 18.1. The number of hydrogen-bond acceptors (Lipinski definition) is 4. The summed E-state index contributed by atoms with van der Waals surface area (Å²) in [5, 5.41) is 1.25. The van der Waals surface area contributed by atoms with E-state index >= 15 is 0 Å². The van der Waals surface area contributed by atoms with Gasteiger partial charge >= 0.3 is 0 Å². The summed E-state index contributed by atoms with van der Waals surface area (Å²) >= 11 is 0. The molecule has 2 heterocycles. The summed E-state index contributed by atoms with van der Waals surface area (Å²) in [4.78, 5) is 0. The predicted molar refractivity (Wildman–Crippen MR) is 158 cm³/mol. The molecule has 6 heteroatoms. The van der Waals surface area contributed by atoms with E-state index < -0.39 is 8.32 Å². The Morgan fingerprint density at radius 2 is 1.47 bits per heavy atom. The van der Waals surface area contributed by atoms with Gasteiger partial charge < -0.3 is 23.2 Å². The molecular formula is C32H47NO4Si. The Hall–Kier alpha value is -2.12. The van der Waals surface area contributed by atoms with Crippen LogP contribution in [0.4, 0.5) is 0 Å². The van der Waals surface area contributed by atoms with Crippen LogP contribution < -0.4 is 4.74 Å². The fourth-order valence-corrected chi connectivity index (χ4v) is 12.2. The quantitative estimate of drug-likeness (QED) is 0.216. The zero-order chi connectivity index (χ0) is 27.6. The maximum Gasteiger partial charge on any atom is 0.200 e. The second kappa shape index (κ2) is 11.9. The van der Waals surface area contributed by atoms with Crippen molar-refractivity contribution in [2.45, 2.75) is 110 Å². The number of hydrogen-bond donors (Lipinski definition) is 0. The van der Waals surface area contributed by atoms with Gasteiger partial charge in [0.2, 0.25) is 8.32 Å². The lowest BCUT2D eigenvalue weighted by molar-refractivity contribution is -0.0521. The summed E-state index contributed by atoms with van der Waals surface area (Å²) in [5.41, 5.74) is 6.40. The van der Waals surface area contributed by atoms with Crippen LogP contribution in [0.2, 0.25) is 16.6 Å². The summed E-state index contributed by atoms with van der Waals surface area (Å²) in [5.74, 6) is 0.854. The number of rotatable bonds is 12. The maximum atomic E-state index is 7.16. The van der Waals surface area contributed by atoms with Crippen molar-refractivity contribution >= 4 is 19.2 Å². The Morgan fingerprint density at radius 3 is 2.05 bits per heavy atom. The van der Waals surface area contributed by atoms with Crippen LogP contribution in [0.3, 0.4) is 0 Å². The third-order valence-electron chi connectivity index (χ3n) is 8.28. The van der Waals surface area contributed by atoms with Gasteiger partial charge in [-0.1, -0.05) is 71.9 Å². The standard InChI is InChI=1S/C32H47NO4Si/c1-21(2)37-31-18-30(35-19-25-14-16-26(34-9)17-15-25)32-28(27-12-10-11-13-29(27)33(31)32)20-36-38(22(3)4,23(5)6)24(7)8/h10-17,21-24,30-31H,18-20H2,1-9H3. The zero-order valence-corrected chi connectivity index (χ0v) is 25.8. The van der Waals surface area contributed by atoms with Crippen molar-refractivity contribution in [3.05, 3.63) is 65.4 Å². The fourth-order valence-electron chi connectivity index (χ4n) is 6.76. The lowest BCUT2D eigenvalue weighted by atomic mass is 10.1. The topological polar surface area (TPSA) is 41.9 Å². The molecule has 0 aliphatic carbocycles. The van der Waals surface area contributed by atoms with Crippen molar-refractivity contribution in [1.82, 2.24) is 4.57 Å². The van der Waals surface area contributed by atoms with E-state index in [9.17, 15) is 0 Å². The van der Waals surface area contributed by atoms with Crippen LogP contribution in [-0.4, -0.2) is 26.1 Å². The lowest BCUT2D eigenvalue weighted by Gasteiger charge is -2.42. The number of nitrogens with zero attached hydrogens (tertiary/aromatic N) is 1. The van der Waals surface area contributed by atoms with Crippen LogP contribution in [-0.2, 0) is 27.1 Å². The number of para-hydroxylation sites is 1. The van der Waals surface area contributed by atoms with Crippen LogP contribution in [0.15, 0.2) is 48.5 Å². The molecule has 0 bridgehead atoms. The molecule has 4 rings (SSSR count). The largest absolute Gasteiger partial charge is 0.497 e. The van der Waals surface area contributed by atoms with E-state index in [4.69, 9.17) is 18.6 Å². The highest BCUT2D eigenvalue weighted by Gasteiger charge is 2.46. The van der Waals surface area contributed by atoms with Gasteiger partial charge in [-0.15, -0.1) is 0 Å². The van der Waals surface area contributed by atoms with E-state index in [0.29, 0.717) is 29.8 Å². The molecule has 3 aromatic rings. The molecule has 2 atom stereocenters. The number of methoxy groups -OCH3 is 1. The van der Waals surface area contributed by atoms with Gasteiger partial charge in [0, 0.05) is 17.4 Å². The summed E-state index contributed by atoms with van der Waals surface area (Å²) in [6.45, 7) is 19.5. The molecule has 208 valence electrons. The molecule has 1 aromatic heterocycles. The maximum absolute atomic E-state index is 7.16. The van der Waals surface area contributed by atoms with Crippen molar-refractivity contribution < 1.29 is 18.6 Å². The lowest BCUT2D eigenvalue weighted by Crippen LogP contribution is -2.47. The molecule has 0 saturated carbocycles. The monoisotopic (exact) mass is 537 g/mol. The summed E-state index contributed by atoms with van der Waals surface area (Å²) in [6, 6.07) is 16.8. The van der Waals surface area contributed by atoms with Crippen molar-refractivity contribution in [1.29, 1.82) is 0 Å². The fraction of sp³-hybridized carbons (Fsp3) is 0.562. The van der Waals surface area contributed by atoms with Gasteiger partial charge in [-0.05, 0) is 54.2 Å². The molecule has 2 aromatic carbocycles. The Morgan fingerprint density at radius 1 is 0.842 bits per heavy atom. The van der Waals surface area contributed by atoms with Crippen LogP contribution in [0.5, 0.6) is 5.75 Å². The Labute approximate surface area is 230 Å². The molecule has 0 radical (unpaired) electrons. The van der Waals surface area contributed by atoms with Gasteiger partial charge in [-0.2, -0.15) is 0 Å². The van der Waals surface area contributed by atoms with Crippen molar-refractivity contribution in [2.75, 3.05) is 7.11 Å². The van der Waals surface area contributed by atoms with Gasteiger partial charge in [-0.25, -0.2) is 0 Å². The number of benzene rings is 2. The van der Waals surface area contributed by atoms with Crippen LogP contribution in [0.25, 0.3) is 10.9 Å². The molecule has 1 aliphatic rings. The number of aromatic nitrogens is 1. The smallest absolute Gasteiger partial charge is 0.200 e. The van der Waals surface area contributed by atoms with E-state index in [0.717, 1.165) is 17.7 Å². The van der Waals surface area contributed by atoms with Gasteiger partial charge in [0.05, 0.1) is 37.6 Å². The minimum atomic E-state index is -2.04. The molecule has 0 N–H and O–H groups in total. The predicted octanol–water partition coefficient (Wildman–Crippen LogP) is 8.93. The van der Waals surface area contributed by atoms with Gasteiger partial charge in [0.15, 0.2) is 0 Å². The van der Waals surface area contributed by atoms with Crippen molar-refractivity contribution in [3.8, 4) is 5.75 Å². The van der Waals surface area contributed by atoms with E-state index in [1.807, 2.05) is 12.1 Å². The minimum Gasteiger partial charge on any atom is -0.497 e. The van der Waals surface area contributed by atoms with E-state index in [1.54, 1.807) is 7.11 Å². The van der Waals surface area contributed by atoms with Gasteiger partial charge in [0.25, 0.3) is 0 Å². The van der Waals surface area contributed by atoms with Crippen molar-refractivity contribution in [2.24, 2.45) is 0 Å². The average molecular weight is 538 g/mol. The van der Waals surface area contributed by atoms with Crippen molar-refractivity contribution in [3.63, 3.8) is 0 Å². The van der Waals surface area contributed by atoms with E-state index in [-0.39, 0.29) is 18.4 Å². The molecule has 38 heavy (non-hydrogen) atoms. The van der Waals surface area contributed by atoms with Crippen LogP contribution >= 0.6 is 0 Å². The molecule has 0 amide bonds. The first-order valence-electron chi connectivity index (χ1n) is 14.3. The molecule has 0 fully saturated rings. The van der Waals surface area contributed by atoms with E-state index in [2.05, 4.69) is 96.4 Å². The molecule has 0 saturated heterocycles. The second-order valence-corrected chi connectivity index (χ2v) is 17.3. The summed E-state index contributed by atoms with van der Waals surface area (Å²) < 4.78 is 28.0. The second-order valence-electron chi connectivity index (χ2n) is 11.9. The molecule has 5 nitrogen and oxygen atoms in total. The Balaban J connectivity index is 1.73. The molecular weight excluding hydrogens is 490 g/mol. The van der Waals surface area contributed by atoms with Gasteiger partial charge in [-0.3, -0.25) is 0 Å². The first-order valence-corrected chi connectivity index (χ1v) is 16.4. The van der Waals surface area contributed by atoms with Crippen LogP contribution in [0.1, 0.15) is 91.0 Å². The SMILES string of the molecule is COc1ccc(COC2CC(OC(C)C)n3c2c(CO[Si](C(C)C)(C(C)C)C(C)C)c2ccccc23)cc1. The third kappa shape index (κ3) is 5.46. The van der Waals surface area contributed by atoms with E-state index in [1.165, 1.54) is 22.2 Å².